The molecule has 0 saturated heterocycles. The molecule has 0 spiro atoms. The third kappa shape index (κ3) is 2.37. The van der Waals surface area contributed by atoms with Crippen molar-refractivity contribution in [1.82, 2.24) is 9.55 Å². The third-order valence-corrected chi connectivity index (χ3v) is 4.16. The van der Waals surface area contributed by atoms with E-state index in [1.807, 2.05) is 0 Å². The van der Waals surface area contributed by atoms with Gasteiger partial charge in [-0.2, -0.15) is 0 Å². The molecule has 0 bridgehead atoms. The SMILES string of the molecule is O=C(O)c1cccc2c1[nH]c(=O)c(=O)n2CC1CCCC1. The van der Waals surface area contributed by atoms with Gasteiger partial charge in [-0.05, 0) is 30.9 Å². The van der Waals surface area contributed by atoms with Crippen LogP contribution in [-0.2, 0) is 6.54 Å². The Kier molecular flexibility index (Phi) is 3.37. The van der Waals surface area contributed by atoms with Crippen LogP contribution in [0.3, 0.4) is 0 Å². The number of rotatable bonds is 3. The minimum Gasteiger partial charge on any atom is -0.478 e. The van der Waals surface area contributed by atoms with E-state index in [0.29, 0.717) is 18.0 Å². The lowest BCUT2D eigenvalue weighted by Gasteiger charge is -2.14. The average Bonchev–Trinajstić information content (AvgIpc) is 2.96. The predicted molar refractivity (Wildman–Crippen MR) is 77.7 cm³/mol. The van der Waals surface area contributed by atoms with E-state index in [1.165, 1.54) is 10.6 Å². The summed E-state index contributed by atoms with van der Waals surface area (Å²) in [6.45, 7) is 0.475. The highest BCUT2D eigenvalue weighted by molar-refractivity contribution is 6.00. The van der Waals surface area contributed by atoms with E-state index >= 15 is 0 Å². The number of hydrogen-bond donors (Lipinski definition) is 2. The topological polar surface area (TPSA) is 92.2 Å². The van der Waals surface area contributed by atoms with Gasteiger partial charge in [-0.3, -0.25) is 9.59 Å². The van der Waals surface area contributed by atoms with Crippen LogP contribution in [0.15, 0.2) is 27.8 Å². The molecule has 3 rings (SSSR count). The molecule has 0 unspecified atom stereocenters. The van der Waals surface area contributed by atoms with Crippen LogP contribution in [-0.4, -0.2) is 20.6 Å². The Morgan fingerprint density at radius 2 is 2.00 bits per heavy atom. The fourth-order valence-corrected chi connectivity index (χ4v) is 3.11. The van der Waals surface area contributed by atoms with E-state index < -0.39 is 17.1 Å². The second-order valence-corrected chi connectivity index (χ2v) is 5.53. The monoisotopic (exact) mass is 288 g/mol. The maximum absolute atomic E-state index is 12.1. The van der Waals surface area contributed by atoms with Gasteiger partial charge in [0, 0.05) is 6.54 Å². The first-order valence-electron chi connectivity index (χ1n) is 7.07. The molecule has 21 heavy (non-hydrogen) atoms. The fraction of sp³-hybridized carbons (Fsp3) is 0.400. The normalized spacial score (nSPS) is 15.6. The van der Waals surface area contributed by atoms with Crippen LogP contribution in [0, 0.1) is 5.92 Å². The molecule has 1 aliphatic carbocycles. The number of aromatic amines is 1. The van der Waals surface area contributed by atoms with Gasteiger partial charge in [-0.25, -0.2) is 4.79 Å². The van der Waals surface area contributed by atoms with Gasteiger partial charge in [-0.15, -0.1) is 0 Å². The predicted octanol–water partition coefficient (Wildman–Crippen LogP) is 1.58. The van der Waals surface area contributed by atoms with Gasteiger partial charge in [0.25, 0.3) is 0 Å². The zero-order valence-electron chi connectivity index (χ0n) is 11.5. The van der Waals surface area contributed by atoms with Crippen LogP contribution in [0.1, 0.15) is 36.0 Å². The molecular weight excluding hydrogens is 272 g/mol. The van der Waals surface area contributed by atoms with E-state index in [-0.39, 0.29) is 11.1 Å². The number of nitrogens with one attached hydrogen (secondary N) is 1. The van der Waals surface area contributed by atoms with Crippen molar-refractivity contribution in [2.45, 2.75) is 32.2 Å². The Balaban J connectivity index is 2.24. The van der Waals surface area contributed by atoms with Crippen LogP contribution in [0.2, 0.25) is 0 Å². The van der Waals surface area contributed by atoms with Gasteiger partial charge in [0.05, 0.1) is 16.6 Å². The molecule has 110 valence electrons. The minimum absolute atomic E-state index is 0.00442. The maximum Gasteiger partial charge on any atom is 0.337 e. The van der Waals surface area contributed by atoms with Crippen LogP contribution in [0.4, 0.5) is 0 Å². The molecular formula is C15H16N2O4. The van der Waals surface area contributed by atoms with Crippen molar-refractivity contribution in [3.63, 3.8) is 0 Å². The highest BCUT2D eigenvalue weighted by atomic mass is 16.4. The molecule has 2 N–H and O–H groups in total. The molecule has 1 saturated carbocycles. The van der Waals surface area contributed by atoms with Gasteiger partial charge < -0.3 is 14.7 Å². The van der Waals surface area contributed by atoms with Gasteiger partial charge >= 0.3 is 17.1 Å². The van der Waals surface area contributed by atoms with E-state index in [1.54, 1.807) is 12.1 Å². The van der Waals surface area contributed by atoms with E-state index in [9.17, 15) is 19.5 Å². The van der Waals surface area contributed by atoms with Gasteiger partial charge in [-0.1, -0.05) is 18.9 Å². The summed E-state index contributed by atoms with van der Waals surface area (Å²) in [6, 6.07) is 4.69. The second-order valence-electron chi connectivity index (χ2n) is 5.53. The number of hydrogen-bond acceptors (Lipinski definition) is 3. The summed E-state index contributed by atoms with van der Waals surface area (Å²) in [4.78, 5) is 37.6. The molecule has 6 nitrogen and oxygen atoms in total. The molecule has 2 aromatic rings. The molecule has 0 radical (unpaired) electrons. The van der Waals surface area contributed by atoms with E-state index in [4.69, 9.17) is 0 Å². The molecule has 6 heteroatoms. The Bertz CT molecular complexity index is 813. The summed E-state index contributed by atoms with van der Waals surface area (Å²) in [6.07, 6.45) is 4.36. The molecule has 0 amide bonds. The minimum atomic E-state index is -1.12. The largest absolute Gasteiger partial charge is 0.478 e. The number of carboxylic acids is 1. The standard InChI is InChI=1S/C15H16N2O4/c18-13-14(19)17(8-9-4-1-2-5-9)11-7-3-6-10(15(20)21)12(11)16-13/h3,6-7,9H,1-2,4-5,8H2,(H,16,18)(H,20,21). The molecule has 1 fully saturated rings. The van der Waals surface area contributed by atoms with Gasteiger partial charge in [0.15, 0.2) is 0 Å². The van der Waals surface area contributed by atoms with Crippen molar-refractivity contribution >= 4 is 17.0 Å². The number of para-hydroxylation sites is 1. The Morgan fingerprint density at radius 1 is 1.29 bits per heavy atom. The van der Waals surface area contributed by atoms with E-state index in [2.05, 4.69) is 4.98 Å². The van der Waals surface area contributed by atoms with Crippen LogP contribution < -0.4 is 11.1 Å². The summed E-state index contributed by atoms with van der Waals surface area (Å²) in [5, 5.41) is 9.21. The third-order valence-electron chi connectivity index (χ3n) is 4.16. The van der Waals surface area contributed by atoms with Gasteiger partial charge in [0.2, 0.25) is 0 Å². The van der Waals surface area contributed by atoms with Crippen LogP contribution >= 0.6 is 0 Å². The van der Waals surface area contributed by atoms with Crippen molar-refractivity contribution in [3.8, 4) is 0 Å². The summed E-state index contributed by atoms with van der Waals surface area (Å²) < 4.78 is 1.43. The number of aromatic carboxylic acids is 1. The molecule has 1 aromatic heterocycles. The maximum atomic E-state index is 12.1. The zero-order valence-corrected chi connectivity index (χ0v) is 11.5. The zero-order chi connectivity index (χ0) is 15.0. The van der Waals surface area contributed by atoms with Crippen molar-refractivity contribution in [2.75, 3.05) is 0 Å². The van der Waals surface area contributed by atoms with Crippen LogP contribution in [0.25, 0.3) is 11.0 Å². The van der Waals surface area contributed by atoms with Crippen molar-refractivity contribution < 1.29 is 9.90 Å². The second kappa shape index (κ2) is 5.20. The lowest BCUT2D eigenvalue weighted by atomic mass is 10.1. The van der Waals surface area contributed by atoms with Crippen LogP contribution in [0.5, 0.6) is 0 Å². The molecule has 0 aliphatic heterocycles. The Morgan fingerprint density at radius 3 is 2.67 bits per heavy atom. The number of nitrogens with zero attached hydrogens (tertiary/aromatic N) is 1. The molecule has 1 aromatic carbocycles. The molecule has 1 aliphatic rings. The summed E-state index contributed by atoms with van der Waals surface area (Å²) in [7, 11) is 0. The first kappa shape index (κ1) is 13.6. The Labute approximate surface area is 120 Å². The number of fused-ring (bicyclic) bond motifs is 1. The number of H-pyrrole nitrogens is 1. The molecule has 0 atom stereocenters. The fourth-order valence-electron chi connectivity index (χ4n) is 3.11. The number of aromatic nitrogens is 2. The summed E-state index contributed by atoms with van der Waals surface area (Å²) >= 11 is 0. The Hall–Kier alpha value is -2.37. The number of carboxylic acid groups (broad SMARTS) is 1. The smallest absolute Gasteiger partial charge is 0.337 e. The lowest BCUT2D eigenvalue weighted by molar-refractivity contribution is 0.0699. The summed E-state index contributed by atoms with van der Waals surface area (Å²) in [5.74, 6) is -0.747. The average molecular weight is 288 g/mol. The van der Waals surface area contributed by atoms with Gasteiger partial charge in [0.1, 0.15) is 0 Å². The lowest BCUT2D eigenvalue weighted by Crippen LogP contribution is -2.37. The first-order valence-corrected chi connectivity index (χ1v) is 7.07. The summed E-state index contributed by atoms with van der Waals surface area (Å²) in [5.41, 5.74) is -0.685. The van der Waals surface area contributed by atoms with Crippen molar-refractivity contribution in [1.29, 1.82) is 0 Å². The molecule has 1 heterocycles. The number of carbonyl (C=O) groups is 1. The quantitative estimate of drug-likeness (QED) is 0.839. The van der Waals surface area contributed by atoms with Crippen molar-refractivity contribution in [2.24, 2.45) is 5.92 Å². The number of benzene rings is 1. The highest BCUT2D eigenvalue weighted by Gasteiger charge is 2.19. The van der Waals surface area contributed by atoms with E-state index in [0.717, 1.165) is 25.7 Å². The highest BCUT2D eigenvalue weighted by Crippen LogP contribution is 2.26. The first-order chi connectivity index (χ1) is 10.1. The van der Waals surface area contributed by atoms with Crippen molar-refractivity contribution in [3.05, 3.63) is 44.5 Å².